The van der Waals surface area contributed by atoms with Crippen LogP contribution in [-0.2, 0) is 11.3 Å². The monoisotopic (exact) mass is 409 g/mol. The molecular weight excluding hydrogens is 382 g/mol. The molecule has 3 aromatic rings. The van der Waals surface area contributed by atoms with Crippen molar-refractivity contribution >= 4 is 28.6 Å². The fourth-order valence-corrected chi connectivity index (χ4v) is 3.96. The van der Waals surface area contributed by atoms with Crippen molar-refractivity contribution in [2.45, 2.75) is 39.2 Å². The first-order valence-corrected chi connectivity index (χ1v) is 10.7. The summed E-state index contributed by atoms with van der Waals surface area (Å²) >= 11 is 1.71. The maximum absolute atomic E-state index is 12.0. The maximum atomic E-state index is 12.0. The Labute approximate surface area is 175 Å². The molecule has 0 aliphatic rings. The molecule has 0 bridgehead atoms. The van der Waals surface area contributed by atoms with E-state index < -0.39 is 0 Å². The normalized spacial score (nSPS) is 10.8. The van der Waals surface area contributed by atoms with Gasteiger partial charge in [-0.3, -0.25) is 9.78 Å². The fraction of sp³-hybridized carbons (Fsp3) is 0.318. The third-order valence-corrected chi connectivity index (χ3v) is 5.79. The smallest absolute Gasteiger partial charge is 0.224 e. The number of aromatic nitrogens is 2. The Bertz CT molecular complexity index is 926. The zero-order valence-electron chi connectivity index (χ0n) is 16.6. The largest absolute Gasteiger partial charge is 0.397 e. The molecule has 0 atom stereocenters. The van der Waals surface area contributed by atoms with Crippen molar-refractivity contribution in [1.82, 2.24) is 15.3 Å². The Kier molecular flexibility index (Phi) is 7.72. The van der Waals surface area contributed by atoms with E-state index in [1.165, 1.54) is 4.88 Å². The van der Waals surface area contributed by atoms with E-state index in [9.17, 15) is 4.79 Å². The number of para-hydroxylation sites is 2. The molecule has 2 heterocycles. The lowest BCUT2D eigenvalue weighted by Crippen LogP contribution is -2.15. The van der Waals surface area contributed by atoms with Gasteiger partial charge in [0.05, 0.1) is 17.1 Å². The number of anilines is 2. The van der Waals surface area contributed by atoms with Gasteiger partial charge in [0.15, 0.2) is 0 Å². The maximum Gasteiger partial charge on any atom is 0.224 e. The lowest BCUT2D eigenvalue weighted by Gasteiger charge is -2.08. The number of pyridine rings is 1. The standard InChI is InChI=1S/C22H27N5OS/c1-16-20(29-22(26-16)17-8-7-13-24-14-17)15-25-12-6-2-3-11-21(28)27-19-10-5-4-9-18(19)23/h4-5,7-10,13-14,25H,2-3,6,11-12,15,23H2,1H3,(H,27,28). The molecule has 0 radical (unpaired) electrons. The predicted molar refractivity (Wildman–Crippen MR) is 120 cm³/mol. The van der Waals surface area contributed by atoms with Gasteiger partial charge in [0.25, 0.3) is 0 Å². The molecule has 6 nitrogen and oxygen atoms in total. The number of benzene rings is 1. The van der Waals surface area contributed by atoms with Crippen LogP contribution in [0.5, 0.6) is 0 Å². The Morgan fingerprint density at radius 2 is 2.00 bits per heavy atom. The van der Waals surface area contributed by atoms with Crippen LogP contribution in [0.25, 0.3) is 10.6 Å². The van der Waals surface area contributed by atoms with Gasteiger partial charge in [-0.2, -0.15) is 0 Å². The minimum absolute atomic E-state index is 0.0130. The third kappa shape index (κ3) is 6.37. The van der Waals surface area contributed by atoms with Crippen molar-refractivity contribution in [1.29, 1.82) is 0 Å². The average Bonchev–Trinajstić information content (AvgIpc) is 3.10. The Morgan fingerprint density at radius 3 is 2.79 bits per heavy atom. The molecule has 2 aromatic heterocycles. The van der Waals surface area contributed by atoms with Crippen molar-refractivity contribution in [2.24, 2.45) is 0 Å². The number of carbonyl (C=O) groups is 1. The van der Waals surface area contributed by atoms with Gasteiger partial charge >= 0.3 is 0 Å². The molecule has 0 aliphatic carbocycles. The summed E-state index contributed by atoms with van der Waals surface area (Å²) in [5, 5.41) is 7.36. The topological polar surface area (TPSA) is 92.9 Å². The summed E-state index contributed by atoms with van der Waals surface area (Å²) in [7, 11) is 0. The van der Waals surface area contributed by atoms with Gasteiger partial charge in [-0.05, 0) is 50.6 Å². The second-order valence-electron chi connectivity index (χ2n) is 6.89. The number of nitrogen functional groups attached to an aromatic ring is 1. The van der Waals surface area contributed by atoms with E-state index in [4.69, 9.17) is 5.73 Å². The second-order valence-corrected chi connectivity index (χ2v) is 7.98. The summed E-state index contributed by atoms with van der Waals surface area (Å²) in [5.41, 5.74) is 9.25. The van der Waals surface area contributed by atoms with Crippen LogP contribution in [0.4, 0.5) is 11.4 Å². The van der Waals surface area contributed by atoms with Crippen molar-refractivity contribution in [3.05, 3.63) is 59.4 Å². The first-order valence-electron chi connectivity index (χ1n) is 9.85. The first-order chi connectivity index (χ1) is 14.1. The SMILES string of the molecule is Cc1nc(-c2cccnc2)sc1CNCCCCCC(=O)Nc1ccccc1N. The number of unbranched alkanes of at least 4 members (excludes halogenated alkanes) is 2. The van der Waals surface area contributed by atoms with Crippen LogP contribution >= 0.6 is 11.3 Å². The van der Waals surface area contributed by atoms with Gasteiger partial charge in [-0.25, -0.2) is 4.98 Å². The number of hydrogen-bond donors (Lipinski definition) is 3. The van der Waals surface area contributed by atoms with E-state index >= 15 is 0 Å². The van der Waals surface area contributed by atoms with Gasteiger partial charge in [-0.1, -0.05) is 18.6 Å². The van der Waals surface area contributed by atoms with Crippen molar-refractivity contribution in [2.75, 3.05) is 17.6 Å². The highest BCUT2D eigenvalue weighted by Gasteiger charge is 2.09. The fourth-order valence-electron chi connectivity index (χ4n) is 2.94. The van der Waals surface area contributed by atoms with Gasteiger partial charge in [0, 0.05) is 35.8 Å². The Balaban J connectivity index is 1.31. The number of nitrogens with one attached hydrogen (secondary N) is 2. The summed E-state index contributed by atoms with van der Waals surface area (Å²) in [6, 6.07) is 11.3. The molecule has 0 saturated heterocycles. The molecule has 0 spiro atoms. The second kappa shape index (κ2) is 10.7. The predicted octanol–water partition coefficient (Wildman–Crippen LogP) is 4.38. The number of carbonyl (C=O) groups excluding carboxylic acids is 1. The number of hydrogen-bond acceptors (Lipinski definition) is 6. The van der Waals surface area contributed by atoms with Crippen LogP contribution < -0.4 is 16.4 Å². The molecule has 4 N–H and O–H groups in total. The van der Waals surface area contributed by atoms with E-state index in [1.807, 2.05) is 43.5 Å². The summed E-state index contributed by atoms with van der Waals surface area (Å²) < 4.78 is 0. The number of rotatable bonds is 10. The number of nitrogens with zero attached hydrogens (tertiary/aromatic N) is 2. The number of aryl methyl sites for hydroxylation is 1. The van der Waals surface area contributed by atoms with E-state index in [1.54, 1.807) is 23.6 Å². The Hall–Kier alpha value is -2.77. The molecule has 29 heavy (non-hydrogen) atoms. The molecule has 0 unspecified atom stereocenters. The molecular formula is C22H27N5OS. The molecule has 3 rings (SSSR count). The van der Waals surface area contributed by atoms with E-state index in [0.29, 0.717) is 17.8 Å². The zero-order valence-corrected chi connectivity index (χ0v) is 17.5. The van der Waals surface area contributed by atoms with Crippen molar-refractivity contribution < 1.29 is 4.79 Å². The molecule has 0 aliphatic heterocycles. The molecule has 1 amide bonds. The number of nitrogens with two attached hydrogens (primary N) is 1. The molecule has 0 saturated carbocycles. The summed E-state index contributed by atoms with van der Waals surface area (Å²) in [5.74, 6) is 0.0130. The van der Waals surface area contributed by atoms with Crippen molar-refractivity contribution in [3.8, 4) is 10.6 Å². The quantitative estimate of drug-likeness (QED) is 0.341. The first kappa shape index (κ1) is 21.0. The lowest BCUT2D eigenvalue weighted by atomic mass is 10.2. The van der Waals surface area contributed by atoms with Gasteiger partial charge < -0.3 is 16.4 Å². The zero-order chi connectivity index (χ0) is 20.5. The molecule has 1 aromatic carbocycles. The summed E-state index contributed by atoms with van der Waals surface area (Å²) in [6.45, 7) is 3.79. The van der Waals surface area contributed by atoms with Crippen LogP contribution in [0.15, 0.2) is 48.8 Å². The van der Waals surface area contributed by atoms with Gasteiger partial charge in [-0.15, -0.1) is 11.3 Å². The van der Waals surface area contributed by atoms with Gasteiger partial charge in [0.2, 0.25) is 5.91 Å². The van der Waals surface area contributed by atoms with Crippen molar-refractivity contribution in [3.63, 3.8) is 0 Å². The lowest BCUT2D eigenvalue weighted by molar-refractivity contribution is -0.116. The number of amides is 1. The molecule has 7 heteroatoms. The summed E-state index contributed by atoms with van der Waals surface area (Å²) in [6.07, 6.45) is 7.04. The van der Waals surface area contributed by atoms with E-state index in [0.717, 1.165) is 48.6 Å². The number of thiazole rings is 1. The van der Waals surface area contributed by atoms with Crippen LogP contribution in [0, 0.1) is 6.92 Å². The van der Waals surface area contributed by atoms with Crippen LogP contribution in [-0.4, -0.2) is 22.4 Å². The minimum Gasteiger partial charge on any atom is -0.397 e. The summed E-state index contributed by atoms with van der Waals surface area (Å²) in [4.78, 5) is 22.1. The highest BCUT2D eigenvalue weighted by atomic mass is 32.1. The molecule has 0 fully saturated rings. The van der Waals surface area contributed by atoms with Crippen LogP contribution in [0.3, 0.4) is 0 Å². The average molecular weight is 410 g/mol. The van der Waals surface area contributed by atoms with E-state index in [-0.39, 0.29) is 5.91 Å². The highest BCUT2D eigenvalue weighted by molar-refractivity contribution is 7.15. The van der Waals surface area contributed by atoms with Gasteiger partial charge in [0.1, 0.15) is 5.01 Å². The van der Waals surface area contributed by atoms with E-state index in [2.05, 4.69) is 20.6 Å². The molecule has 152 valence electrons. The van der Waals surface area contributed by atoms with Crippen LogP contribution in [0.2, 0.25) is 0 Å². The third-order valence-electron chi connectivity index (χ3n) is 4.58. The Morgan fingerprint density at radius 1 is 1.14 bits per heavy atom. The highest BCUT2D eigenvalue weighted by Crippen LogP contribution is 2.27. The van der Waals surface area contributed by atoms with Crippen LogP contribution in [0.1, 0.15) is 36.3 Å². The minimum atomic E-state index is 0.0130.